The van der Waals surface area contributed by atoms with E-state index >= 15 is 0 Å². The van der Waals surface area contributed by atoms with Gasteiger partial charge in [-0.2, -0.15) is 4.57 Å². The molecule has 0 aliphatic carbocycles. The van der Waals surface area contributed by atoms with Crippen molar-refractivity contribution in [3.8, 4) is 0 Å². The van der Waals surface area contributed by atoms with Crippen molar-refractivity contribution in [2.45, 2.75) is 19.9 Å². The minimum Gasteiger partial charge on any atom is -0.287 e. The van der Waals surface area contributed by atoms with Gasteiger partial charge in [-0.25, -0.2) is 0 Å². The average molecular weight is 261 g/mol. The van der Waals surface area contributed by atoms with Crippen molar-refractivity contribution in [3.05, 3.63) is 64.9 Å². The molecule has 1 heterocycles. The summed E-state index contributed by atoms with van der Waals surface area (Å²) in [5, 5.41) is 0.641. The molecular formula is C15H15ClNO+. The van der Waals surface area contributed by atoms with Crippen LogP contribution in [0, 0.1) is 6.92 Å². The zero-order valence-corrected chi connectivity index (χ0v) is 11.2. The zero-order chi connectivity index (χ0) is 13.1. The lowest BCUT2D eigenvalue weighted by molar-refractivity contribution is -0.710. The number of rotatable bonds is 3. The van der Waals surface area contributed by atoms with Gasteiger partial charge in [0, 0.05) is 36.6 Å². The Morgan fingerprint density at radius 1 is 1.17 bits per heavy atom. The molecule has 2 rings (SSSR count). The van der Waals surface area contributed by atoms with Gasteiger partial charge in [-0.05, 0) is 24.3 Å². The van der Waals surface area contributed by atoms with E-state index < -0.39 is 0 Å². The molecule has 0 saturated carbocycles. The lowest BCUT2D eigenvalue weighted by atomic mass is 10.0. The summed E-state index contributed by atoms with van der Waals surface area (Å²) in [6, 6.07) is 12.7. The van der Waals surface area contributed by atoms with Gasteiger partial charge in [-0.15, -0.1) is 0 Å². The molecule has 1 aromatic carbocycles. The minimum atomic E-state index is -0.215. The van der Waals surface area contributed by atoms with Crippen molar-refractivity contribution < 1.29 is 9.36 Å². The van der Waals surface area contributed by atoms with Crippen LogP contribution in [0.4, 0.5) is 0 Å². The predicted octanol–water partition coefficient (Wildman–Crippen LogP) is 3.38. The summed E-state index contributed by atoms with van der Waals surface area (Å²) in [6.45, 7) is 3.90. The summed E-state index contributed by atoms with van der Waals surface area (Å²) >= 11 is 5.82. The fraction of sp³-hybridized carbons (Fsp3) is 0.200. The SMILES string of the molecule is Cc1cccc[n+]1[C@@H](C)C(=O)c1ccc(Cl)cc1. The maximum absolute atomic E-state index is 12.3. The fourth-order valence-corrected chi connectivity index (χ4v) is 2.08. The van der Waals surface area contributed by atoms with Crippen LogP contribution < -0.4 is 4.57 Å². The van der Waals surface area contributed by atoms with Crippen LogP contribution in [-0.2, 0) is 0 Å². The van der Waals surface area contributed by atoms with Crippen LogP contribution in [0.5, 0.6) is 0 Å². The van der Waals surface area contributed by atoms with Gasteiger partial charge in [-0.3, -0.25) is 4.79 Å². The van der Waals surface area contributed by atoms with E-state index in [1.165, 1.54) is 0 Å². The smallest absolute Gasteiger partial charge is 0.230 e. The van der Waals surface area contributed by atoms with Crippen molar-refractivity contribution in [2.24, 2.45) is 0 Å². The number of carbonyl (C=O) groups excluding carboxylic acids is 1. The summed E-state index contributed by atoms with van der Waals surface area (Å²) in [4.78, 5) is 12.3. The molecule has 0 N–H and O–H groups in total. The molecule has 2 nitrogen and oxygen atoms in total. The number of carbonyl (C=O) groups is 1. The Labute approximate surface area is 112 Å². The number of aryl methyl sites for hydroxylation is 1. The zero-order valence-electron chi connectivity index (χ0n) is 10.4. The first kappa shape index (κ1) is 12.8. The van der Waals surface area contributed by atoms with E-state index in [4.69, 9.17) is 11.6 Å². The highest BCUT2D eigenvalue weighted by molar-refractivity contribution is 6.30. The first-order chi connectivity index (χ1) is 8.59. The van der Waals surface area contributed by atoms with E-state index in [0.29, 0.717) is 10.6 Å². The van der Waals surface area contributed by atoms with E-state index in [9.17, 15) is 4.79 Å². The molecule has 0 saturated heterocycles. The molecule has 1 atom stereocenters. The molecule has 1 aromatic heterocycles. The summed E-state index contributed by atoms with van der Waals surface area (Å²) in [6.07, 6.45) is 1.92. The van der Waals surface area contributed by atoms with Crippen LogP contribution in [0.25, 0.3) is 0 Å². The Hall–Kier alpha value is -1.67. The second-order valence-corrected chi connectivity index (χ2v) is 4.73. The summed E-state index contributed by atoms with van der Waals surface area (Å²) in [7, 11) is 0. The van der Waals surface area contributed by atoms with Crippen molar-refractivity contribution in [3.63, 3.8) is 0 Å². The maximum Gasteiger partial charge on any atom is 0.230 e. The standard InChI is InChI=1S/C15H15ClNO/c1-11-5-3-4-10-17(11)12(2)15(18)13-6-8-14(16)9-7-13/h3-10,12H,1-2H3/q+1/t12-/m0/s1. The number of hydrogen-bond acceptors (Lipinski definition) is 1. The lowest BCUT2D eigenvalue weighted by Gasteiger charge is -2.08. The third kappa shape index (κ3) is 2.59. The first-order valence-corrected chi connectivity index (χ1v) is 6.24. The van der Waals surface area contributed by atoms with E-state index in [-0.39, 0.29) is 11.8 Å². The third-order valence-electron chi connectivity index (χ3n) is 3.03. The van der Waals surface area contributed by atoms with Crippen LogP contribution in [0.15, 0.2) is 48.7 Å². The van der Waals surface area contributed by atoms with E-state index in [1.807, 2.05) is 42.8 Å². The Kier molecular flexibility index (Phi) is 3.78. The molecule has 0 radical (unpaired) electrons. The third-order valence-corrected chi connectivity index (χ3v) is 3.28. The number of ketones is 1. The van der Waals surface area contributed by atoms with E-state index in [1.54, 1.807) is 24.3 Å². The van der Waals surface area contributed by atoms with Gasteiger partial charge in [0.1, 0.15) is 0 Å². The lowest BCUT2D eigenvalue weighted by Crippen LogP contribution is -2.44. The Balaban J connectivity index is 2.29. The van der Waals surface area contributed by atoms with E-state index in [0.717, 1.165) is 5.69 Å². The highest BCUT2D eigenvalue weighted by Gasteiger charge is 2.24. The molecular weight excluding hydrogens is 246 g/mol. The normalized spacial score (nSPS) is 12.2. The van der Waals surface area contributed by atoms with Crippen LogP contribution in [0.3, 0.4) is 0 Å². The molecule has 0 unspecified atom stereocenters. The van der Waals surface area contributed by atoms with Gasteiger partial charge in [0.25, 0.3) is 0 Å². The average Bonchev–Trinajstić information content (AvgIpc) is 2.38. The molecule has 18 heavy (non-hydrogen) atoms. The molecule has 0 amide bonds. The number of Topliss-reactive ketones (excluding diaryl/α,β-unsaturated/α-hetero) is 1. The number of nitrogens with zero attached hydrogens (tertiary/aromatic N) is 1. The van der Waals surface area contributed by atoms with Gasteiger partial charge >= 0.3 is 0 Å². The second-order valence-electron chi connectivity index (χ2n) is 4.30. The summed E-state index contributed by atoms with van der Waals surface area (Å²) in [5.41, 5.74) is 1.75. The Morgan fingerprint density at radius 2 is 1.83 bits per heavy atom. The molecule has 0 bridgehead atoms. The Morgan fingerprint density at radius 3 is 2.44 bits per heavy atom. The van der Waals surface area contributed by atoms with Crippen LogP contribution in [0.1, 0.15) is 29.0 Å². The topological polar surface area (TPSA) is 20.9 Å². The molecule has 0 spiro atoms. The highest BCUT2D eigenvalue weighted by atomic mass is 35.5. The molecule has 0 aliphatic heterocycles. The number of halogens is 1. The van der Waals surface area contributed by atoms with Gasteiger partial charge in [0.15, 0.2) is 11.9 Å². The van der Waals surface area contributed by atoms with Gasteiger partial charge in [0.05, 0.1) is 0 Å². The van der Waals surface area contributed by atoms with Crippen molar-refractivity contribution >= 4 is 17.4 Å². The molecule has 2 aromatic rings. The Bertz CT molecular complexity index is 563. The summed E-state index contributed by atoms with van der Waals surface area (Å²) in [5.74, 6) is 0.0889. The predicted molar refractivity (Wildman–Crippen MR) is 71.9 cm³/mol. The van der Waals surface area contributed by atoms with Crippen molar-refractivity contribution in [2.75, 3.05) is 0 Å². The largest absolute Gasteiger partial charge is 0.287 e. The van der Waals surface area contributed by atoms with Crippen molar-refractivity contribution in [1.29, 1.82) is 0 Å². The van der Waals surface area contributed by atoms with Crippen molar-refractivity contribution in [1.82, 2.24) is 0 Å². The van der Waals surface area contributed by atoms with E-state index in [2.05, 4.69) is 0 Å². The minimum absolute atomic E-state index is 0.0889. The molecule has 92 valence electrons. The molecule has 3 heteroatoms. The second kappa shape index (κ2) is 5.32. The van der Waals surface area contributed by atoms with Gasteiger partial charge in [0.2, 0.25) is 11.8 Å². The van der Waals surface area contributed by atoms with Gasteiger partial charge in [-0.1, -0.05) is 17.7 Å². The number of benzene rings is 1. The molecule has 0 aliphatic rings. The number of aromatic nitrogens is 1. The van der Waals surface area contributed by atoms with Gasteiger partial charge < -0.3 is 0 Å². The van der Waals surface area contributed by atoms with Crippen LogP contribution in [0.2, 0.25) is 5.02 Å². The quantitative estimate of drug-likeness (QED) is 0.612. The van der Waals surface area contributed by atoms with Crippen LogP contribution in [-0.4, -0.2) is 5.78 Å². The first-order valence-electron chi connectivity index (χ1n) is 5.86. The fourth-order valence-electron chi connectivity index (χ4n) is 1.96. The summed E-state index contributed by atoms with van der Waals surface area (Å²) < 4.78 is 1.97. The highest BCUT2D eigenvalue weighted by Crippen LogP contribution is 2.13. The number of pyridine rings is 1. The maximum atomic E-state index is 12.3. The monoisotopic (exact) mass is 260 g/mol. The van der Waals surface area contributed by atoms with Crippen LogP contribution >= 0.6 is 11.6 Å². The number of hydrogen-bond donors (Lipinski definition) is 0. The molecule has 0 fully saturated rings.